The minimum Gasteiger partial charge on any atom is -0.497 e. The van der Waals surface area contributed by atoms with E-state index in [1.54, 1.807) is 53.2 Å². The van der Waals surface area contributed by atoms with E-state index in [0.29, 0.717) is 56.7 Å². The third-order valence-electron chi connectivity index (χ3n) is 7.42. The zero-order chi connectivity index (χ0) is 30.2. The number of aromatic carboxylic acids is 1. The van der Waals surface area contributed by atoms with Gasteiger partial charge in [-0.2, -0.15) is 5.10 Å². The topological polar surface area (TPSA) is 120 Å². The minimum absolute atomic E-state index is 0.125. The lowest BCUT2D eigenvalue weighted by atomic mass is 9.94. The Bertz CT molecular complexity index is 1880. The summed E-state index contributed by atoms with van der Waals surface area (Å²) in [5, 5.41) is 21.7. The fourth-order valence-corrected chi connectivity index (χ4v) is 6.24. The van der Waals surface area contributed by atoms with Crippen LogP contribution in [-0.4, -0.2) is 33.0 Å². The first-order valence-electron chi connectivity index (χ1n) is 13.5. The number of ether oxygens (including phenoxy) is 1. The number of benzene rings is 3. The standard InChI is InChI=1S/C31H26F2N4O4S2/c1-41-21-4-2-3-18(12-21)23-14-20(8-10-25(23)32)29-24(13-19-7-9-22(43(34)40)15-26(19)33)27(11-17-5-6-17)36-37(29)31-35-28(16-42-31)30(38)39/h2-4,7-10,12,14-17H,5-6,11,13H2,1H3,(H2,34,40)(H,38,39)/p+1. The maximum absolute atomic E-state index is 15.3. The van der Waals surface area contributed by atoms with Crippen LogP contribution in [0.4, 0.5) is 8.78 Å². The molecule has 0 spiro atoms. The number of carboxylic acids is 1. The van der Waals surface area contributed by atoms with Crippen LogP contribution < -0.4 is 9.88 Å². The SMILES string of the molecule is COc1cccc(-c2cc(-c3c(Cc4ccc([SH+](N)=O)cc4F)c(CC4CC4)nn3-c3nc(C(=O)O)cs3)ccc2F)c1. The number of nitrogens with two attached hydrogens (primary N) is 1. The molecule has 1 aliphatic rings. The number of aromatic nitrogens is 3. The van der Waals surface area contributed by atoms with Gasteiger partial charge in [-0.25, -0.2) is 23.2 Å². The zero-order valence-electron chi connectivity index (χ0n) is 23.0. The van der Waals surface area contributed by atoms with Gasteiger partial charge in [0, 0.05) is 34.6 Å². The number of thiazole rings is 1. The van der Waals surface area contributed by atoms with E-state index in [-0.39, 0.29) is 17.0 Å². The van der Waals surface area contributed by atoms with Crippen molar-refractivity contribution in [2.24, 2.45) is 11.1 Å². The summed E-state index contributed by atoms with van der Waals surface area (Å²) in [7, 11) is -0.667. The number of methoxy groups -OCH3 is 1. The number of carbonyl (C=O) groups is 1. The van der Waals surface area contributed by atoms with E-state index in [1.807, 2.05) is 0 Å². The highest BCUT2D eigenvalue weighted by molar-refractivity contribution is 7.82. The highest BCUT2D eigenvalue weighted by Gasteiger charge is 2.29. The van der Waals surface area contributed by atoms with E-state index < -0.39 is 28.6 Å². The second-order valence-corrected chi connectivity index (χ2v) is 12.4. The lowest BCUT2D eigenvalue weighted by Gasteiger charge is -2.13. The predicted molar refractivity (Wildman–Crippen MR) is 161 cm³/mol. The number of rotatable bonds is 10. The molecule has 12 heteroatoms. The van der Waals surface area contributed by atoms with Crippen molar-refractivity contribution in [3.05, 3.63) is 100 Å². The monoisotopic (exact) mass is 621 g/mol. The molecule has 0 aliphatic heterocycles. The van der Waals surface area contributed by atoms with Crippen LogP contribution in [0.25, 0.3) is 27.5 Å². The van der Waals surface area contributed by atoms with Crippen molar-refractivity contribution < 1.29 is 27.6 Å². The van der Waals surface area contributed by atoms with Gasteiger partial charge in [0.25, 0.3) is 0 Å². The van der Waals surface area contributed by atoms with Crippen LogP contribution in [0.3, 0.4) is 0 Å². The Balaban J connectivity index is 1.57. The quantitative estimate of drug-likeness (QED) is 0.143. The Hall–Kier alpha value is -4.26. The van der Waals surface area contributed by atoms with Gasteiger partial charge in [0.2, 0.25) is 5.13 Å². The minimum atomic E-state index is -2.20. The molecule has 0 bridgehead atoms. The van der Waals surface area contributed by atoms with Crippen LogP contribution in [-0.2, 0) is 28.0 Å². The maximum atomic E-state index is 15.3. The third-order valence-corrected chi connectivity index (χ3v) is 9.02. The van der Waals surface area contributed by atoms with Gasteiger partial charge >= 0.3 is 5.97 Å². The molecule has 1 unspecified atom stereocenters. The van der Waals surface area contributed by atoms with Gasteiger partial charge in [-0.05, 0) is 72.7 Å². The van der Waals surface area contributed by atoms with Crippen molar-refractivity contribution in [2.45, 2.75) is 30.6 Å². The molecule has 2 aromatic heterocycles. The van der Waals surface area contributed by atoms with Crippen molar-refractivity contribution in [3.8, 4) is 33.3 Å². The average Bonchev–Trinajstić information content (AvgIpc) is 3.54. The van der Waals surface area contributed by atoms with E-state index in [0.717, 1.165) is 29.9 Å². The summed E-state index contributed by atoms with van der Waals surface area (Å²) in [4.78, 5) is 16.2. The fourth-order valence-electron chi connectivity index (χ4n) is 5.03. The van der Waals surface area contributed by atoms with Crippen molar-refractivity contribution >= 4 is 28.3 Å². The molecule has 0 amide bonds. The number of nitrogens with zero attached hydrogens (tertiary/aromatic N) is 3. The van der Waals surface area contributed by atoms with E-state index >= 15 is 8.78 Å². The molecule has 1 fully saturated rings. The summed E-state index contributed by atoms with van der Waals surface area (Å²) < 4.78 is 49.3. The number of carboxylic acid groups (broad SMARTS) is 1. The first kappa shape index (κ1) is 28.8. The number of hydrogen-bond acceptors (Lipinski definition) is 6. The second-order valence-electron chi connectivity index (χ2n) is 10.4. The summed E-state index contributed by atoms with van der Waals surface area (Å²) in [5.74, 6) is -1.17. The molecular formula is C31H27F2N4O4S2+. The second kappa shape index (κ2) is 11.8. The molecule has 43 heavy (non-hydrogen) atoms. The Kier molecular flexibility index (Phi) is 7.91. The molecule has 1 aliphatic carbocycles. The lowest BCUT2D eigenvalue weighted by Crippen LogP contribution is -2.04. The Morgan fingerprint density at radius 1 is 1.12 bits per heavy atom. The van der Waals surface area contributed by atoms with Crippen LogP contribution in [0.15, 0.2) is 70.9 Å². The van der Waals surface area contributed by atoms with Gasteiger partial charge in [0.1, 0.15) is 17.4 Å². The van der Waals surface area contributed by atoms with Crippen LogP contribution in [0.5, 0.6) is 5.75 Å². The number of hydrogen-bond donors (Lipinski definition) is 2. The summed E-state index contributed by atoms with van der Waals surface area (Å²) in [6, 6.07) is 16.0. The first-order valence-corrected chi connectivity index (χ1v) is 15.7. The maximum Gasteiger partial charge on any atom is 0.355 e. The zero-order valence-corrected chi connectivity index (χ0v) is 24.7. The molecule has 2 heterocycles. The molecule has 6 rings (SSSR count). The summed E-state index contributed by atoms with van der Waals surface area (Å²) in [6.45, 7) is 0. The van der Waals surface area contributed by atoms with E-state index in [4.69, 9.17) is 15.0 Å². The van der Waals surface area contributed by atoms with Crippen molar-refractivity contribution in [1.82, 2.24) is 14.8 Å². The summed E-state index contributed by atoms with van der Waals surface area (Å²) in [5.41, 5.74) is 3.74. The van der Waals surface area contributed by atoms with Crippen LogP contribution in [0.2, 0.25) is 0 Å². The Morgan fingerprint density at radius 3 is 2.60 bits per heavy atom. The fraction of sp³-hybridized carbons (Fsp3) is 0.194. The molecule has 8 nitrogen and oxygen atoms in total. The molecule has 3 N–H and O–H groups in total. The van der Waals surface area contributed by atoms with Gasteiger partial charge in [-0.3, -0.25) is 0 Å². The predicted octanol–water partition coefficient (Wildman–Crippen LogP) is 6.12. The Morgan fingerprint density at radius 2 is 1.93 bits per heavy atom. The summed E-state index contributed by atoms with van der Waals surface area (Å²) in [6.07, 6.45) is 2.87. The van der Waals surface area contributed by atoms with E-state index in [2.05, 4.69) is 4.98 Å². The largest absolute Gasteiger partial charge is 0.497 e. The van der Waals surface area contributed by atoms with E-state index in [9.17, 15) is 14.1 Å². The van der Waals surface area contributed by atoms with Gasteiger partial charge < -0.3 is 9.84 Å². The molecule has 0 saturated heterocycles. The van der Waals surface area contributed by atoms with Crippen molar-refractivity contribution in [3.63, 3.8) is 0 Å². The van der Waals surface area contributed by atoms with Crippen LogP contribution in [0, 0.1) is 17.6 Å². The highest BCUT2D eigenvalue weighted by Crippen LogP contribution is 2.39. The third kappa shape index (κ3) is 5.99. The van der Waals surface area contributed by atoms with Gasteiger partial charge in [0.15, 0.2) is 21.6 Å². The van der Waals surface area contributed by atoms with Crippen molar-refractivity contribution in [1.29, 1.82) is 0 Å². The number of thiol groups is 1. The molecule has 0 radical (unpaired) electrons. The normalized spacial score (nSPS) is 13.7. The molecule has 220 valence electrons. The van der Waals surface area contributed by atoms with E-state index in [1.165, 1.54) is 24.6 Å². The van der Waals surface area contributed by atoms with Gasteiger partial charge in [0.05, 0.1) is 18.5 Å². The molecule has 1 saturated carbocycles. The first-order chi connectivity index (χ1) is 20.7. The lowest BCUT2D eigenvalue weighted by molar-refractivity contribution is 0.0691. The Labute approximate surface area is 252 Å². The van der Waals surface area contributed by atoms with Crippen LogP contribution in [0.1, 0.15) is 40.2 Å². The average molecular weight is 622 g/mol. The van der Waals surface area contributed by atoms with Crippen molar-refractivity contribution in [2.75, 3.05) is 7.11 Å². The highest BCUT2D eigenvalue weighted by atomic mass is 32.2. The molecular weight excluding hydrogens is 594 g/mol. The van der Waals surface area contributed by atoms with Gasteiger partial charge in [-0.1, -0.05) is 22.4 Å². The molecule has 3 aromatic carbocycles. The number of halogens is 2. The smallest absolute Gasteiger partial charge is 0.355 e. The van der Waals surface area contributed by atoms with Crippen LogP contribution >= 0.6 is 11.3 Å². The molecule has 5 aromatic rings. The van der Waals surface area contributed by atoms with Gasteiger partial charge in [-0.15, -0.1) is 16.5 Å². The molecule has 1 atom stereocenters. The summed E-state index contributed by atoms with van der Waals surface area (Å²) >= 11 is 1.12.